The van der Waals surface area contributed by atoms with Gasteiger partial charge in [-0.1, -0.05) is 6.07 Å². The third-order valence-corrected chi connectivity index (χ3v) is 1.60. The number of amides is 1. The Kier molecular flexibility index (Phi) is 1.91. The molecule has 1 amide bonds. The lowest BCUT2D eigenvalue weighted by atomic mass is 10.3. The van der Waals surface area contributed by atoms with E-state index in [0.29, 0.717) is 11.5 Å². The highest BCUT2D eigenvalue weighted by Crippen LogP contribution is 1.95. The summed E-state index contributed by atoms with van der Waals surface area (Å²) in [6.07, 6.45) is 1.65. The van der Waals surface area contributed by atoms with Crippen LogP contribution in [0.25, 0.3) is 0 Å². The molecule has 0 unspecified atom stereocenters. The van der Waals surface area contributed by atoms with Gasteiger partial charge in [0.2, 0.25) is 5.91 Å². The Morgan fingerprint density at radius 3 is 3.00 bits per heavy atom. The molecule has 2 N–H and O–H groups in total. The van der Waals surface area contributed by atoms with Crippen LogP contribution < -0.4 is 10.7 Å². The molecule has 1 aliphatic rings. The Labute approximate surface area is 74.9 Å². The number of amidine groups is 1. The van der Waals surface area contributed by atoms with Crippen LogP contribution in [-0.4, -0.2) is 23.3 Å². The van der Waals surface area contributed by atoms with Crippen molar-refractivity contribution >= 4 is 11.7 Å². The van der Waals surface area contributed by atoms with E-state index in [-0.39, 0.29) is 12.5 Å². The second kappa shape index (κ2) is 3.22. The standard InChI is InChI=1S/C8H8N4O/c13-7-5-10-12-8(11-7)6-3-1-2-4-9-6/h1-4,10H,5H2,(H,11,12,13). The molecule has 0 radical (unpaired) electrons. The molecule has 5 nitrogen and oxygen atoms in total. The normalized spacial score (nSPS) is 15.7. The minimum Gasteiger partial charge on any atom is -0.306 e. The van der Waals surface area contributed by atoms with Gasteiger partial charge in [-0.3, -0.25) is 15.2 Å². The second-order valence-electron chi connectivity index (χ2n) is 2.56. The maximum atomic E-state index is 11.0. The number of hydrazone groups is 1. The van der Waals surface area contributed by atoms with E-state index in [9.17, 15) is 4.79 Å². The summed E-state index contributed by atoms with van der Waals surface area (Å²) in [5.74, 6) is 0.368. The van der Waals surface area contributed by atoms with Gasteiger partial charge >= 0.3 is 0 Å². The van der Waals surface area contributed by atoms with Crippen LogP contribution in [-0.2, 0) is 4.79 Å². The number of nitrogens with zero attached hydrogens (tertiary/aromatic N) is 2. The third-order valence-electron chi connectivity index (χ3n) is 1.60. The molecule has 0 saturated carbocycles. The molecule has 0 saturated heterocycles. The molecule has 0 atom stereocenters. The maximum Gasteiger partial charge on any atom is 0.246 e. The lowest BCUT2D eigenvalue weighted by Gasteiger charge is -2.12. The molecule has 66 valence electrons. The molecule has 2 rings (SSSR count). The quantitative estimate of drug-likeness (QED) is 0.604. The van der Waals surface area contributed by atoms with Crippen molar-refractivity contribution in [2.75, 3.05) is 6.54 Å². The predicted molar refractivity (Wildman–Crippen MR) is 46.9 cm³/mol. The minimum atomic E-state index is -0.101. The van der Waals surface area contributed by atoms with Crippen LogP contribution in [0.3, 0.4) is 0 Å². The van der Waals surface area contributed by atoms with Crippen LogP contribution in [0.5, 0.6) is 0 Å². The van der Waals surface area contributed by atoms with Crippen molar-refractivity contribution in [3.8, 4) is 0 Å². The topological polar surface area (TPSA) is 66.4 Å². The largest absolute Gasteiger partial charge is 0.306 e. The van der Waals surface area contributed by atoms with Gasteiger partial charge in [-0.2, -0.15) is 5.10 Å². The first kappa shape index (κ1) is 7.72. The van der Waals surface area contributed by atoms with Gasteiger partial charge in [0.1, 0.15) is 12.2 Å². The lowest BCUT2D eigenvalue weighted by molar-refractivity contribution is -0.119. The second-order valence-corrected chi connectivity index (χ2v) is 2.56. The number of carbonyl (C=O) groups is 1. The molecule has 13 heavy (non-hydrogen) atoms. The monoisotopic (exact) mass is 176 g/mol. The highest BCUT2D eigenvalue weighted by atomic mass is 16.2. The lowest BCUT2D eigenvalue weighted by Crippen LogP contribution is -2.43. The first-order valence-electron chi connectivity index (χ1n) is 3.88. The van der Waals surface area contributed by atoms with Crippen molar-refractivity contribution in [2.24, 2.45) is 5.10 Å². The molecule has 0 aliphatic carbocycles. The molecule has 1 aromatic heterocycles. The van der Waals surface area contributed by atoms with Crippen molar-refractivity contribution in [1.82, 2.24) is 15.7 Å². The number of pyridine rings is 1. The minimum absolute atomic E-state index is 0.101. The summed E-state index contributed by atoms with van der Waals surface area (Å²) in [5.41, 5.74) is 3.27. The van der Waals surface area contributed by atoms with E-state index in [1.165, 1.54) is 0 Å². The molecule has 0 spiro atoms. The Morgan fingerprint density at radius 2 is 2.31 bits per heavy atom. The van der Waals surface area contributed by atoms with E-state index < -0.39 is 0 Å². The van der Waals surface area contributed by atoms with E-state index in [4.69, 9.17) is 0 Å². The van der Waals surface area contributed by atoms with Gasteiger partial charge in [0.15, 0.2) is 5.84 Å². The molecule has 0 fully saturated rings. The molecule has 0 aromatic carbocycles. The summed E-state index contributed by atoms with van der Waals surface area (Å²) in [7, 11) is 0. The summed E-state index contributed by atoms with van der Waals surface area (Å²) < 4.78 is 0. The van der Waals surface area contributed by atoms with E-state index in [0.717, 1.165) is 0 Å². The Hall–Kier alpha value is -1.91. The number of carbonyl (C=O) groups excluding carboxylic acids is 1. The molecule has 5 heteroatoms. The zero-order valence-corrected chi connectivity index (χ0v) is 6.82. The van der Waals surface area contributed by atoms with Gasteiger partial charge in [-0.15, -0.1) is 0 Å². The smallest absolute Gasteiger partial charge is 0.246 e. The third kappa shape index (κ3) is 1.64. The summed E-state index contributed by atoms with van der Waals surface area (Å²) >= 11 is 0. The summed E-state index contributed by atoms with van der Waals surface area (Å²) in [6.45, 7) is 0.219. The maximum absolute atomic E-state index is 11.0. The van der Waals surface area contributed by atoms with E-state index in [2.05, 4.69) is 20.8 Å². The molecular weight excluding hydrogens is 168 g/mol. The fraction of sp³-hybridized carbons (Fsp3) is 0.125. The summed E-state index contributed by atoms with van der Waals surface area (Å²) in [4.78, 5) is 15.0. The van der Waals surface area contributed by atoms with Gasteiger partial charge in [0.05, 0.1) is 0 Å². The Morgan fingerprint density at radius 1 is 1.38 bits per heavy atom. The number of hydrogen-bond donors (Lipinski definition) is 2. The highest BCUT2D eigenvalue weighted by molar-refractivity contribution is 6.08. The van der Waals surface area contributed by atoms with E-state index in [1.807, 2.05) is 12.1 Å². The number of aromatic nitrogens is 1. The van der Waals surface area contributed by atoms with Crippen LogP contribution in [0.2, 0.25) is 0 Å². The van der Waals surface area contributed by atoms with Crippen LogP contribution >= 0.6 is 0 Å². The van der Waals surface area contributed by atoms with Crippen LogP contribution in [0.1, 0.15) is 5.69 Å². The van der Waals surface area contributed by atoms with Crippen LogP contribution in [0.4, 0.5) is 0 Å². The zero-order valence-electron chi connectivity index (χ0n) is 6.82. The number of rotatable bonds is 1. The molecule has 1 aromatic rings. The fourth-order valence-corrected chi connectivity index (χ4v) is 1.02. The number of hydrogen-bond acceptors (Lipinski definition) is 4. The van der Waals surface area contributed by atoms with Crippen molar-refractivity contribution in [3.63, 3.8) is 0 Å². The van der Waals surface area contributed by atoms with Crippen LogP contribution in [0, 0.1) is 0 Å². The molecule has 1 aliphatic heterocycles. The molecular formula is C8H8N4O. The van der Waals surface area contributed by atoms with Gasteiger partial charge in [-0.05, 0) is 12.1 Å². The first-order valence-corrected chi connectivity index (χ1v) is 3.88. The van der Waals surface area contributed by atoms with Gasteiger partial charge in [-0.25, -0.2) is 0 Å². The van der Waals surface area contributed by atoms with E-state index in [1.54, 1.807) is 12.3 Å². The van der Waals surface area contributed by atoms with Crippen LogP contribution in [0.15, 0.2) is 29.5 Å². The van der Waals surface area contributed by atoms with E-state index >= 15 is 0 Å². The first-order chi connectivity index (χ1) is 6.36. The van der Waals surface area contributed by atoms with Crippen molar-refractivity contribution in [2.45, 2.75) is 0 Å². The van der Waals surface area contributed by atoms with Crippen molar-refractivity contribution < 1.29 is 4.79 Å². The Bertz CT molecular complexity index is 346. The highest BCUT2D eigenvalue weighted by Gasteiger charge is 2.12. The summed E-state index contributed by atoms with van der Waals surface area (Å²) in [6, 6.07) is 5.43. The van der Waals surface area contributed by atoms with Gasteiger partial charge < -0.3 is 5.32 Å². The van der Waals surface area contributed by atoms with Crippen molar-refractivity contribution in [3.05, 3.63) is 30.1 Å². The number of nitrogens with one attached hydrogen (secondary N) is 2. The van der Waals surface area contributed by atoms with Crippen molar-refractivity contribution in [1.29, 1.82) is 0 Å². The summed E-state index contributed by atoms with van der Waals surface area (Å²) in [5, 5.41) is 6.54. The average Bonchev–Trinajstić information content (AvgIpc) is 2.19. The zero-order chi connectivity index (χ0) is 9.10. The SMILES string of the molecule is O=C1CNN=C(c2ccccn2)N1. The Balaban J connectivity index is 2.27. The molecule has 2 heterocycles. The van der Waals surface area contributed by atoms with Gasteiger partial charge in [0, 0.05) is 6.20 Å². The predicted octanol–water partition coefficient (Wildman–Crippen LogP) is -0.537. The molecule has 0 bridgehead atoms. The van der Waals surface area contributed by atoms with Gasteiger partial charge in [0.25, 0.3) is 0 Å². The average molecular weight is 176 g/mol. The fourth-order valence-electron chi connectivity index (χ4n) is 1.02.